The van der Waals surface area contributed by atoms with Crippen LogP contribution in [0.3, 0.4) is 0 Å². The molecule has 0 saturated carbocycles. The maximum Gasteiger partial charge on any atom is 0.171 e. The Morgan fingerprint density at radius 2 is 0.634 bits per heavy atom. The van der Waals surface area contributed by atoms with Gasteiger partial charge in [-0.05, 0) is 36.4 Å². The summed E-state index contributed by atoms with van der Waals surface area (Å²) in [7, 11) is -6.29. The molecule has 198 valence electrons. The van der Waals surface area contributed by atoms with E-state index in [0.717, 1.165) is 32.0 Å². The van der Waals surface area contributed by atoms with Crippen molar-refractivity contribution in [2.24, 2.45) is 0 Å². The minimum absolute atomic E-state index is 0.649. The Morgan fingerprint density at radius 3 is 0.927 bits per heavy atom. The molecule has 0 aliphatic heterocycles. The fourth-order valence-electron chi connectivity index (χ4n) is 5.59. The Kier molecular flexibility index (Phi) is 6.36. The molecule has 7 aromatic rings. The number of rotatable bonds is 6. The summed E-state index contributed by atoms with van der Waals surface area (Å²) >= 11 is 0. The summed E-state index contributed by atoms with van der Waals surface area (Å²) in [6.07, 6.45) is 0. The van der Waals surface area contributed by atoms with E-state index < -0.39 is 14.3 Å². The van der Waals surface area contributed by atoms with Crippen molar-refractivity contribution in [3.63, 3.8) is 0 Å². The minimum atomic E-state index is -3.14. The Hall–Kier alpha value is -4.42. The number of fused-ring (bicyclic) bond motifs is 3. The molecule has 0 spiro atoms. The monoisotopic (exact) mass is 568 g/mol. The lowest BCUT2D eigenvalue weighted by Crippen LogP contribution is -2.24. The van der Waals surface area contributed by atoms with Crippen molar-refractivity contribution in [2.45, 2.75) is 0 Å². The van der Waals surface area contributed by atoms with Gasteiger partial charge < -0.3 is 13.5 Å². The van der Waals surface area contributed by atoms with E-state index in [9.17, 15) is 9.13 Å². The smallest absolute Gasteiger partial charge is 0.171 e. The van der Waals surface area contributed by atoms with Gasteiger partial charge in [-0.15, -0.1) is 0 Å². The van der Waals surface area contributed by atoms with Crippen molar-refractivity contribution in [1.29, 1.82) is 0 Å². The second kappa shape index (κ2) is 10.2. The molecule has 41 heavy (non-hydrogen) atoms. The molecule has 0 bridgehead atoms. The third kappa shape index (κ3) is 4.21. The molecular formula is C36H26O3P2. The van der Waals surface area contributed by atoms with Crippen molar-refractivity contribution >= 4 is 68.0 Å². The van der Waals surface area contributed by atoms with E-state index in [2.05, 4.69) is 0 Å². The molecule has 0 radical (unpaired) electrons. The highest BCUT2D eigenvalue weighted by Gasteiger charge is 2.32. The Morgan fingerprint density at radius 1 is 0.341 bits per heavy atom. The minimum Gasteiger partial charge on any atom is -0.456 e. The van der Waals surface area contributed by atoms with Crippen LogP contribution in [0.4, 0.5) is 0 Å². The van der Waals surface area contributed by atoms with E-state index in [1.165, 1.54) is 0 Å². The highest BCUT2D eigenvalue weighted by atomic mass is 31.2. The predicted molar refractivity (Wildman–Crippen MR) is 173 cm³/mol. The highest BCUT2D eigenvalue weighted by Crippen LogP contribution is 2.45. The average molecular weight is 569 g/mol. The number of hydrogen-bond donors (Lipinski definition) is 0. The molecule has 0 aliphatic rings. The van der Waals surface area contributed by atoms with Gasteiger partial charge in [-0.2, -0.15) is 0 Å². The fourth-order valence-corrected chi connectivity index (χ4v) is 10.9. The predicted octanol–water partition coefficient (Wildman–Crippen LogP) is 6.86. The van der Waals surface area contributed by atoms with Crippen LogP contribution in [-0.2, 0) is 9.13 Å². The molecule has 0 fully saturated rings. The molecule has 0 amide bonds. The van der Waals surface area contributed by atoms with Gasteiger partial charge in [0, 0.05) is 42.6 Å². The summed E-state index contributed by atoms with van der Waals surface area (Å²) in [6, 6.07) is 50.2. The molecule has 1 aromatic heterocycles. The average Bonchev–Trinajstić information content (AvgIpc) is 3.43. The molecule has 3 nitrogen and oxygen atoms in total. The van der Waals surface area contributed by atoms with Crippen molar-refractivity contribution < 1.29 is 13.5 Å². The van der Waals surface area contributed by atoms with Crippen LogP contribution >= 0.6 is 14.3 Å². The first kappa shape index (κ1) is 25.5. The van der Waals surface area contributed by atoms with E-state index >= 15 is 0 Å². The van der Waals surface area contributed by atoms with Crippen LogP contribution in [0.5, 0.6) is 0 Å². The maximum absolute atomic E-state index is 14.9. The second-order valence-electron chi connectivity index (χ2n) is 10.0. The summed E-state index contributed by atoms with van der Waals surface area (Å²) < 4.78 is 36.2. The van der Waals surface area contributed by atoms with Gasteiger partial charge >= 0.3 is 0 Å². The summed E-state index contributed by atoms with van der Waals surface area (Å²) in [5, 5.41) is 6.37. The summed E-state index contributed by atoms with van der Waals surface area (Å²) in [5.74, 6) is 0. The fraction of sp³-hybridized carbons (Fsp3) is 0. The molecule has 7 rings (SSSR count). The van der Waals surface area contributed by atoms with E-state index in [4.69, 9.17) is 4.42 Å². The SMILES string of the molecule is O=P(c1ccccc1)(c1ccccc1)c1ccc2c(c1)oc1cc(P(=O)(c3ccccc3)c3ccccc3)ccc12. The van der Waals surface area contributed by atoms with Gasteiger partial charge in [0.25, 0.3) is 0 Å². The highest BCUT2D eigenvalue weighted by molar-refractivity contribution is 7.85. The molecule has 0 unspecified atom stereocenters. The number of hydrogen-bond acceptors (Lipinski definition) is 3. The van der Waals surface area contributed by atoms with Gasteiger partial charge in [-0.25, -0.2) is 0 Å². The van der Waals surface area contributed by atoms with Gasteiger partial charge in [0.15, 0.2) is 14.3 Å². The van der Waals surface area contributed by atoms with Crippen LogP contribution in [0, 0.1) is 0 Å². The van der Waals surface area contributed by atoms with Crippen LogP contribution in [0.15, 0.2) is 162 Å². The summed E-state index contributed by atoms with van der Waals surface area (Å²) in [5.41, 5.74) is 1.30. The maximum atomic E-state index is 14.9. The Bertz CT molecular complexity index is 1850. The standard InChI is InChI=1S/C36H26O3P2/c37-40(27-13-5-1-6-14-27,28-15-7-2-8-16-28)31-21-23-33-34-24-22-32(26-36(34)39-35(33)25-31)41(38,29-17-9-3-10-18-29)30-19-11-4-12-20-30/h1-26H. The summed E-state index contributed by atoms with van der Waals surface area (Å²) in [4.78, 5) is 0. The van der Waals surface area contributed by atoms with Crippen LogP contribution < -0.4 is 31.8 Å². The van der Waals surface area contributed by atoms with Crippen molar-refractivity contribution in [1.82, 2.24) is 0 Å². The molecule has 5 heteroatoms. The molecule has 0 saturated heterocycles. The Labute approximate surface area is 238 Å². The van der Waals surface area contributed by atoms with Crippen molar-refractivity contribution in [2.75, 3.05) is 0 Å². The first-order valence-corrected chi connectivity index (χ1v) is 16.9. The lowest BCUT2D eigenvalue weighted by molar-refractivity contribution is 0.591. The zero-order valence-corrected chi connectivity index (χ0v) is 23.9. The Balaban J connectivity index is 1.41. The lowest BCUT2D eigenvalue weighted by atomic mass is 10.1. The van der Waals surface area contributed by atoms with Crippen LogP contribution in [-0.4, -0.2) is 0 Å². The lowest BCUT2D eigenvalue weighted by Gasteiger charge is -2.20. The zero-order chi connectivity index (χ0) is 27.9. The molecule has 0 atom stereocenters. The first-order valence-electron chi connectivity index (χ1n) is 13.5. The topological polar surface area (TPSA) is 47.3 Å². The molecule has 1 heterocycles. The van der Waals surface area contributed by atoms with Crippen molar-refractivity contribution in [3.05, 3.63) is 158 Å². The van der Waals surface area contributed by atoms with Gasteiger partial charge in [0.05, 0.1) is 0 Å². The zero-order valence-electron chi connectivity index (χ0n) is 22.1. The third-order valence-electron chi connectivity index (χ3n) is 7.65. The largest absolute Gasteiger partial charge is 0.456 e. The molecule has 0 aliphatic carbocycles. The number of benzene rings is 6. The van der Waals surface area contributed by atoms with Gasteiger partial charge in [0.1, 0.15) is 11.2 Å². The molecular weight excluding hydrogens is 542 g/mol. The van der Waals surface area contributed by atoms with E-state index in [1.54, 1.807) is 0 Å². The van der Waals surface area contributed by atoms with Gasteiger partial charge in [-0.1, -0.05) is 121 Å². The van der Waals surface area contributed by atoms with Crippen LogP contribution in [0.25, 0.3) is 21.9 Å². The first-order chi connectivity index (χ1) is 20.1. The second-order valence-corrected chi connectivity index (χ2v) is 15.6. The van der Waals surface area contributed by atoms with E-state index in [0.29, 0.717) is 21.8 Å². The third-order valence-corrected chi connectivity index (χ3v) is 13.8. The molecule has 0 N–H and O–H groups in total. The van der Waals surface area contributed by atoms with E-state index in [1.807, 2.05) is 158 Å². The molecule has 6 aromatic carbocycles. The normalized spacial score (nSPS) is 12.1. The van der Waals surface area contributed by atoms with Gasteiger partial charge in [0.2, 0.25) is 0 Å². The van der Waals surface area contributed by atoms with Crippen LogP contribution in [0.1, 0.15) is 0 Å². The quantitative estimate of drug-likeness (QED) is 0.206. The van der Waals surface area contributed by atoms with E-state index in [-0.39, 0.29) is 0 Å². The number of furan rings is 1. The van der Waals surface area contributed by atoms with Crippen molar-refractivity contribution in [3.8, 4) is 0 Å². The van der Waals surface area contributed by atoms with Crippen LogP contribution in [0.2, 0.25) is 0 Å². The summed E-state index contributed by atoms with van der Waals surface area (Å²) in [6.45, 7) is 0. The van der Waals surface area contributed by atoms with Gasteiger partial charge in [-0.3, -0.25) is 0 Å².